The van der Waals surface area contributed by atoms with Crippen LogP contribution in [-0.2, 0) is 0 Å². The number of anilines is 3. The number of nitrogens with one attached hydrogen (secondary N) is 2. The number of aromatic amines is 1. The first-order valence-electron chi connectivity index (χ1n) is 11.2. The molecule has 7 nitrogen and oxygen atoms in total. The standard InChI is InChI=1S/C21H29FN4O.C3H4N2/c1-5-27-19-11-15(4)18(12-17(19)14(2)3)24-20-8-9-23-21(25-20)26-10-6-7-16(22)13-26;1-2-5-3-4-1/h8-9,11-12,14,16H,5-7,10,13H2,1-4H3,(H,23,24,25);1-3H,(H,4,5). The van der Waals surface area contributed by atoms with E-state index in [1.165, 1.54) is 0 Å². The van der Waals surface area contributed by atoms with Crippen LogP contribution in [0.15, 0.2) is 43.1 Å². The molecule has 1 fully saturated rings. The highest BCUT2D eigenvalue weighted by molar-refractivity contribution is 5.64. The van der Waals surface area contributed by atoms with Crippen LogP contribution in [0, 0.1) is 6.92 Å². The van der Waals surface area contributed by atoms with Gasteiger partial charge < -0.3 is 19.9 Å². The maximum atomic E-state index is 13.7. The Labute approximate surface area is 189 Å². The first kappa shape index (κ1) is 23.5. The van der Waals surface area contributed by atoms with Gasteiger partial charge in [-0.2, -0.15) is 4.98 Å². The summed E-state index contributed by atoms with van der Waals surface area (Å²) in [4.78, 5) is 17.3. The lowest BCUT2D eigenvalue weighted by molar-refractivity contribution is 0.285. The summed E-state index contributed by atoms with van der Waals surface area (Å²) < 4.78 is 19.5. The Balaban J connectivity index is 0.000000509. The Morgan fingerprint density at radius 3 is 2.78 bits per heavy atom. The molecule has 1 saturated heterocycles. The fourth-order valence-corrected chi connectivity index (χ4v) is 3.60. The number of aryl methyl sites for hydroxylation is 1. The predicted octanol–water partition coefficient (Wildman–Crippen LogP) is 5.40. The second kappa shape index (κ2) is 11.5. The number of imidazole rings is 1. The molecule has 0 bridgehead atoms. The number of nitrogens with zero attached hydrogens (tertiary/aromatic N) is 4. The number of aromatic nitrogens is 4. The van der Waals surface area contributed by atoms with Crippen LogP contribution in [0.2, 0.25) is 0 Å². The lowest BCUT2D eigenvalue weighted by atomic mass is 9.99. The Hall–Kier alpha value is -3.16. The van der Waals surface area contributed by atoms with Gasteiger partial charge in [0.15, 0.2) is 0 Å². The van der Waals surface area contributed by atoms with E-state index in [9.17, 15) is 4.39 Å². The normalized spacial score (nSPS) is 15.8. The Bertz CT molecular complexity index is 946. The van der Waals surface area contributed by atoms with Crippen molar-refractivity contribution >= 4 is 17.5 Å². The lowest BCUT2D eigenvalue weighted by Gasteiger charge is -2.29. The molecule has 8 heteroatoms. The van der Waals surface area contributed by atoms with Gasteiger partial charge >= 0.3 is 0 Å². The molecular weight excluding hydrogens is 407 g/mol. The van der Waals surface area contributed by atoms with Gasteiger partial charge in [-0.3, -0.25) is 0 Å². The van der Waals surface area contributed by atoms with Crippen molar-refractivity contribution < 1.29 is 9.13 Å². The third-order valence-electron chi connectivity index (χ3n) is 5.24. The third-order valence-corrected chi connectivity index (χ3v) is 5.24. The quantitative estimate of drug-likeness (QED) is 0.534. The molecular formula is C24H33FN6O. The van der Waals surface area contributed by atoms with E-state index in [1.807, 2.05) is 17.9 Å². The van der Waals surface area contributed by atoms with E-state index in [2.05, 4.69) is 58.2 Å². The molecule has 2 aromatic heterocycles. The first-order valence-corrected chi connectivity index (χ1v) is 11.2. The van der Waals surface area contributed by atoms with Crippen LogP contribution < -0.4 is 15.0 Å². The van der Waals surface area contributed by atoms with Gasteiger partial charge in [0.25, 0.3) is 0 Å². The van der Waals surface area contributed by atoms with Gasteiger partial charge in [-0.15, -0.1) is 0 Å². The summed E-state index contributed by atoms with van der Waals surface area (Å²) in [6.45, 7) is 10.2. The predicted molar refractivity (Wildman–Crippen MR) is 127 cm³/mol. The molecule has 0 aliphatic carbocycles. The number of ether oxygens (including phenoxy) is 1. The smallest absolute Gasteiger partial charge is 0.227 e. The molecule has 0 spiro atoms. The molecule has 1 aliphatic rings. The molecule has 32 heavy (non-hydrogen) atoms. The zero-order chi connectivity index (χ0) is 22.9. The molecule has 1 unspecified atom stereocenters. The average Bonchev–Trinajstić information content (AvgIpc) is 3.36. The summed E-state index contributed by atoms with van der Waals surface area (Å²) in [6, 6.07) is 6.04. The van der Waals surface area contributed by atoms with Crippen molar-refractivity contribution in [3.8, 4) is 5.75 Å². The van der Waals surface area contributed by atoms with Crippen molar-refractivity contribution in [1.29, 1.82) is 0 Å². The van der Waals surface area contributed by atoms with E-state index in [0.29, 0.717) is 37.3 Å². The number of alkyl halides is 1. The highest BCUT2D eigenvalue weighted by Crippen LogP contribution is 2.33. The van der Waals surface area contributed by atoms with Crippen LogP contribution in [0.4, 0.5) is 21.8 Å². The molecule has 0 amide bonds. The minimum Gasteiger partial charge on any atom is -0.494 e. The number of rotatable bonds is 6. The topological polar surface area (TPSA) is 79.0 Å². The molecule has 3 heterocycles. The van der Waals surface area contributed by atoms with Gasteiger partial charge in [-0.05, 0) is 61.9 Å². The van der Waals surface area contributed by atoms with E-state index in [0.717, 1.165) is 35.5 Å². The Morgan fingerprint density at radius 2 is 2.16 bits per heavy atom. The van der Waals surface area contributed by atoms with E-state index >= 15 is 0 Å². The number of halogens is 1. The Kier molecular flexibility index (Phi) is 8.41. The highest BCUT2D eigenvalue weighted by atomic mass is 19.1. The first-order chi connectivity index (χ1) is 15.5. The van der Waals surface area contributed by atoms with Crippen molar-refractivity contribution in [2.45, 2.75) is 52.6 Å². The number of hydrogen-bond donors (Lipinski definition) is 2. The molecule has 0 saturated carbocycles. The van der Waals surface area contributed by atoms with Crippen LogP contribution in [0.1, 0.15) is 50.7 Å². The number of hydrogen-bond acceptors (Lipinski definition) is 6. The molecule has 1 atom stereocenters. The van der Waals surface area contributed by atoms with Crippen LogP contribution in [0.3, 0.4) is 0 Å². The summed E-state index contributed by atoms with van der Waals surface area (Å²) in [7, 11) is 0. The van der Waals surface area contributed by atoms with E-state index < -0.39 is 6.17 Å². The van der Waals surface area contributed by atoms with Crippen LogP contribution in [-0.4, -0.2) is 45.8 Å². The van der Waals surface area contributed by atoms with Crippen LogP contribution in [0.25, 0.3) is 0 Å². The van der Waals surface area contributed by atoms with E-state index in [1.54, 1.807) is 24.9 Å². The zero-order valence-corrected chi connectivity index (χ0v) is 19.3. The van der Waals surface area contributed by atoms with Crippen LogP contribution in [0.5, 0.6) is 5.75 Å². The molecule has 4 rings (SSSR count). The SMILES string of the molecule is CCOc1cc(C)c(Nc2ccnc(N3CCCC(F)C3)n2)cc1C(C)C.c1c[nH]cn1. The summed E-state index contributed by atoms with van der Waals surface area (Å²) in [5.41, 5.74) is 3.24. The fraction of sp³-hybridized carbons (Fsp3) is 0.458. The lowest BCUT2D eigenvalue weighted by Crippen LogP contribution is -2.37. The average molecular weight is 441 g/mol. The number of piperidine rings is 1. The number of H-pyrrole nitrogens is 1. The van der Waals surface area contributed by atoms with E-state index in [-0.39, 0.29) is 0 Å². The summed E-state index contributed by atoms with van der Waals surface area (Å²) in [5.74, 6) is 2.57. The summed E-state index contributed by atoms with van der Waals surface area (Å²) >= 11 is 0. The largest absolute Gasteiger partial charge is 0.494 e. The molecule has 1 aliphatic heterocycles. The van der Waals surface area contributed by atoms with Gasteiger partial charge in [0.1, 0.15) is 17.7 Å². The number of benzene rings is 1. The van der Waals surface area contributed by atoms with Gasteiger partial charge in [0, 0.05) is 30.8 Å². The fourth-order valence-electron chi connectivity index (χ4n) is 3.60. The zero-order valence-electron chi connectivity index (χ0n) is 19.3. The van der Waals surface area contributed by atoms with Gasteiger partial charge in [-0.1, -0.05) is 13.8 Å². The maximum Gasteiger partial charge on any atom is 0.227 e. The summed E-state index contributed by atoms with van der Waals surface area (Å²) in [6.07, 6.45) is 7.45. The summed E-state index contributed by atoms with van der Waals surface area (Å²) in [5, 5.41) is 3.40. The highest BCUT2D eigenvalue weighted by Gasteiger charge is 2.21. The Morgan fingerprint density at radius 1 is 1.31 bits per heavy atom. The van der Waals surface area contributed by atoms with Crippen LogP contribution >= 0.6 is 0 Å². The molecule has 172 valence electrons. The monoisotopic (exact) mass is 440 g/mol. The van der Waals surface area contributed by atoms with Crippen molar-refractivity contribution in [2.75, 3.05) is 29.9 Å². The molecule has 1 aromatic carbocycles. The van der Waals surface area contributed by atoms with Gasteiger partial charge in [-0.25, -0.2) is 14.4 Å². The second-order valence-corrected chi connectivity index (χ2v) is 8.11. The molecule has 2 N–H and O–H groups in total. The van der Waals surface area contributed by atoms with Crippen molar-refractivity contribution in [3.05, 3.63) is 54.2 Å². The van der Waals surface area contributed by atoms with Crippen molar-refractivity contribution in [3.63, 3.8) is 0 Å². The molecule has 3 aromatic rings. The van der Waals surface area contributed by atoms with Gasteiger partial charge in [0.2, 0.25) is 5.95 Å². The van der Waals surface area contributed by atoms with Crippen molar-refractivity contribution in [1.82, 2.24) is 19.9 Å². The maximum absolute atomic E-state index is 13.7. The van der Waals surface area contributed by atoms with Crippen molar-refractivity contribution in [2.24, 2.45) is 0 Å². The minimum atomic E-state index is -0.805. The minimum absolute atomic E-state index is 0.350. The van der Waals surface area contributed by atoms with E-state index in [4.69, 9.17) is 4.74 Å². The second-order valence-electron chi connectivity index (χ2n) is 8.11. The molecule has 0 radical (unpaired) electrons. The van der Waals surface area contributed by atoms with Gasteiger partial charge in [0.05, 0.1) is 19.5 Å². The third kappa shape index (κ3) is 6.42.